The molecular weight excluding hydrogens is 407 g/mol. The molecule has 5 nitrogen and oxygen atoms in total. The summed E-state index contributed by atoms with van der Waals surface area (Å²) in [6.45, 7) is 5.43. The van der Waals surface area contributed by atoms with Gasteiger partial charge in [-0.3, -0.25) is 9.79 Å². The Morgan fingerprint density at radius 2 is 1.90 bits per heavy atom. The van der Waals surface area contributed by atoms with Crippen LogP contribution in [-0.2, 0) is 16.4 Å². The van der Waals surface area contributed by atoms with Crippen LogP contribution < -0.4 is 10.6 Å². The number of benzene rings is 2. The van der Waals surface area contributed by atoms with Crippen LogP contribution in [0.4, 0.5) is 24.5 Å². The lowest BCUT2D eigenvalue weighted by Crippen LogP contribution is -2.39. The molecule has 1 amide bonds. The van der Waals surface area contributed by atoms with Crippen molar-refractivity contribution in [1.29, 1.82) is 0 Å². The summed E-state index contributed by atoms with van der Waals surface area (Å²) in [5.41, 5.74) is 1.14. The maximum absolute atomic E-state index is 12.8. The van der Waals surface area contributed by atoms with Crippen LogP contribution in [0.3, 0.4) is 0 Å². The van der Waals surface area contributed by atoms with Crippen molar-refractivity contribution in [1.82, 2.24) is 5.32 Å². The number of hydrogen-bond donors (Lipinski definition) is 3. The number of aliphatic imine (C=N–C) groups is 1. The van der Waals surface area contributed by atoms with Crippen LogP contribution >= 0.6 is 0 Å². The van der Waals surface area contributed by atoms with E-state index in [0.717, 1.165) is 12.1 Å². The SMILES string of the molecule is CC=N/C(=C\C)c1cc(C2(C)C(=O)NCC2O)ccc1Nc1ccc(C(F)(F)F)cc1. The van der Waals surface area contributed by atoms with Gasteiger partial charge in [0.25, 0.3) is 0 Å². The van der Waals surface area contributed by atoms with E-state index in [-0.39, 0.29) is 12.5 Å². The minimum atomic E-state index is -4.41. The lowest BCUT2D eigenvalue weighted by Gasteiger charge is -2.26. The van der Waals surface area contributed by atoms with Gasteiger partial charge in [0.2, 0.25) is 5.91 Å². The van der Waals surface area contributed by atoms with Gasteiger partial charge in [0.05, 0.1) is 22.8 Å². The zero-order chi connectivity index (χ0) is 22.8. The Morgan fingerprint density at radius 1 is 1.23 bits per heavy atom. The molecule has 0 aliphatic carbocycles. The molecule has 0 aromatic heterocycles. The molecule has 164 valence electrons. The van der Waals surface area contributed by atoms with Gasteiger partial charge < -0.3 is 15.7 Å². The summed E-state index contributed by atoms with van der Waals surface area (Å²) < 4.78 is 38.5. The Kier molecular flexibility index (Phi) is 6.22. The lowest BCUT2D eigenvalue weighted by molar-refractivity contribution is -0.137. The summed E-state index contributed by atoms with van der Waals surface area (Å²) in [7, 11) is 0. The van der Waals surface area contributed by atoms with Crippen molar-refractivity contribution in [2.75, 3.05) is 11.9 Å². The second kappa shape index (κ2) is 8.55. The molecule has 2 atom stereocenters. The first kappa shape index (κ1) is 22.6. The highest BCUT2D eigenvalue weighted by Crippen LogP contribution is 2.37. The first-order valence-electron chi connectivity index (χ1n) is 9.81. The number of alkyl halides is 3. The molecule has 2 unspecified atom stereocenters. The summed E-state index contributed by atoms with van der Waals surface area (Å²) in [6, 6.07) is 9.98. The predicted octanol–water partition coefficient (Wildman–Crippen LogP) is 4.65. The molecule has 3 rings (SSSR count). The minimum Gasteiger partial charge on any atom is -0.390 e. The molecule has 1 saturated heterocycles. The van der Waals surface area contributed by atoms with Crippen LogP contribution in [0.1, 0.15) is 37.5 Å². The van der Waals surface area contributed by atoms with Gasteiger partial charge in [0, 0.05) is 29.7 Å². The van der Waals surface area contributed by atoms with E-state index >= 15 is 0 Å². The van der Waals surface area contributed by atoms with E-state index in [2.05, 4.69) is 15.6 Å². The maximum atomic E-state index is 12.8. The number of carbonyl (C=O) groups is 1. The monoisotopic (exact) mass is 431 g/mol. The number of halogens is 3. The molecular formula is C23H24F3N3O2. The molecule has 0 spiro atoms. The quantitative estimate of drug-likeness (QED) is 0.604. The third-order valence-corrected chi connectivity index (χ3v) is 5.52. The molecule has 2 aromatic carbocycles. The number of amides is 1. The van der Waals surface area contributed by atoms with E-state index in [0.29, 0.717) is 28.2 Å². The summed E-state index contributed by atoms with van der Waals surface area (Å²) in [4.78, 5) is 16.8. The highest BCUT2D eigenvalue weighted by molar-refractivity contribution is 5.92. The molecule has 0 bridgehead atoms. The molecule has 2 aromatic rings. The Hall–Kier alpha value is -3.13. The van der Waals surface area contributed by atoms with Gasteiger partial charge >= 0.3 is 6.18 Å². The summed E-state index contributed by atoms with van der Waals surface area (Å²) in [5.74, 6) is -0.268. The molecule has 3 N–H and O–H groups in total. The fraction of sp³-hybridized carbons (Fsp3) is 0.304. The van der Waals surface area contributed by atoms with Crippen LogP contribution in [0.15, 0.2) is 53.5 Å². The Labute approximate surface area is 178 Å². The summed E-state index contributed by atoms with van der Waals surface area (Å²) in [6.07, 6.45) is -1.87. The first-order valence-corrected chi connectivity index (χ1v) is 9.81. The van der Waals surface area contributed by atoms with Crippen molar-refractivity contribution in [2.24, 2.45) is 4.99 Å². The second-order valence-corrected chi connectivity index (χ2v) is 7.45. The third kappa shape index (κ3) is 4.34. The normalized spacial score (nSPS) is 22.1. The fourth-order valence-corrected chi connectivity index (χ4v) is 3.58. The maximum Gasteiger partial charge on any atom is 0.416 e. The van der Waals surface area contributed by atoms with E-state index < -0.39 is 23.3 Å². The number of nitrogens with one attached hydrogen (secondary N) is 2. The number of anilines is 2. The number of allylic oxidation sites excluding steroid dienone is 1. The average molecular weight is 431 g/mol. The van der Waals surface area contributed by atoms with Crippen LogP contribution in [0.25, 0.3) is 5.70 Å². The predicted molar refractivity (Wildman–Crippen MR) is 115 cm³/mol. The van der Waals surface area contributed by atoms with E-state index in [1.165, 1.54) is 12.1 Å². The van der Waals surface area contributed by atoms with E-state index in [1.54, 1.807) is 44.3 Å². The van der Waals surface area contributed by atoms with Crippen LogP contribution in [0.2, 0.25) is 0 Å². The molecule has 1 aliphatic heterocycles. The zero-order valence-electron chi connectivity index (χ0n) is 17.4. The number of nitrogens with zero attached hydrogens (tertiary/aromatic N) is 1. The molecule has 1 fully saturated rings. The van der Waals surface area contributed by atoms with Crippen LogP contribution in [-0.4, -0.2) is 29.9 Å². The second-order valence-electron chi connectivity index (χ2n) is 7.45. The van der Waals surface area contributed by atoms with Gasteiger partial charge in [-0.25, -0.2) is 0 Å². The van der Waals surface area contributed by atoms with Gasteiger partial charge in [-0.2, -0.15) is 13.2 Å². The number of β-amino-alcohol motifs (C(OH)–C–C–N with tert-alkyl or cyclic N) is 1. The number of aliphatic hydroxyl groups excluding tert-OH is 1. The molecule has 1 aliphatic rings. The molecule has 0 saturated carbocycles. The van der Waals surface area contributed by atoms with Gasteiger partial charge in [-0.15, -0.1) is 0 Å². The summed E-state index contributed by atoms with van der Waals surface area (Å²) >= 11 is 0. The van der Waals surface area contributed by atoms with Gasteiger partial charge in [0.1, 0.15) is 0 Å². The van der Waals surface area contributed by atoms with Crippen molar-refractivity contribution < 1.29 is 23.1 Å². The largest absolute Gasteiger partial charge is 0.416 e. The number of rotatable bonds is 5. The number of carbonyl (C=O) groups excluding carboxylic acids is 1. The third-order valence-electron chi connectivity index (χ3n) is 5.52. The zero-order valence-corrected chi connectivity index (χ0v) is 17.4. The minimum absolute atomic E-state index is 0.166. The van der Waals surface area contributed by atoms with Crippen molar-refractivity contribution in [2.45, 2.75) is 38.5 Å². The highest BCUT2D eigenvalue weighted by atomic mass is 19.4. The highest BCUT2D eigenvalue weighted by Gasteiger charge is 2.47. The van der Waals surface area contributed by atoms with Crippen molar-refractivity contribution in [3.8, 4) is 0 Å². The van der Waals surface area contributed by atoms with Gasteiger partial charge in [-0.1, -0.05) is 12.1 Å². The topological polar surface area (TPSA) is 73.7 Å². The van der Waals surface area contributed by atoms with Crippen molar-refractivity contribution in [3.63, 3.8) is 0 Å². The molecule has 0 radical (unpaired) electrons. The van der Waals surface area contributed by atoms with Gasteiger partial charge in [0.15, 0.2) is 0 Å². The molecule has 8 heteroatoms. The molecule has 31 heavy (non-hydrogen) atoms. The lowest BCUT2D eigenvalue weighted by atomic mass is 9.78. The Bertz CT molecular complexity index is 1030. The van der Waals surface area contributed by atoms with E-state index in [9.17, 15) is 23.1 Å². The van der Waals surface area contributed by atoms with Crippen LogP contribution in [0, 0.1) is 0 Å². The van der Waals surface area contributed by atoms with Crippen molar-refractivity contribution in [3.05, 3.63) is 65.2 Å². The standard InChI is InChI=1S/C23H24F3N3O2/c1-4-18(27-5-2)17-12-15(22(3)20(30)13-28-21(22)31)8-11-19(17)29-16-9-6-14(7-10-16)23(24,25)26/h4-12,20,29-30H,13H2,1-3H3,(H,28,31)/b18-4-,27-5?. The van der Waals surface area contributed by atoms with Gasteiger partial charge in [-0.05, 0) is 62.7 Å². The number of aliphatic hydroxyl groups is 1. The molecule has 1 heterocycles. The van der Waals surface area contributed by atoms with E-state index in [4.69, 9.17) is 0 Å². The smallest absolute Gasteiger partial charge is 0.390 e. The van der Waals surface area contributed by atoms with Crippen LogP contribution in [0.5, 0.6) is 0 Å². The Balaban J connectivity index is 2.05. The Morgan fingerprint density at radius 3 is 2.42 bits per heavy atom. The van der Waals surface area contributed by atoms with Crippen molar-refractivity contribution >= 4 is 29.2 Å². The summed E-state index contributed by atoms with van der Waals surface area (Å²) in [5, 5.41) is 16.2. The number of hydrogen-bond acceptors (Lipinski definition) is 4. The fourth-order valence-electron chi connectivity index (χ4n) is 3.58. The first-order chi connectivity index (χ1) is 14.6. The average Bonchev–Trinajstić information content (AvgIpc) is 3.00. The van der Waals surface area contributed by atoms with E-state index in [1.807, 2.05) is 6.92 Å².